The third-order valence-electron chi connectivity index (χ3n) is 4.31. The van der Waals surface area contributed by atoms with E-state index in [1.54, 1.807) is 0 Å². The van der Waals surface area contributed by atoms with E-state index in [0.717, 1.165) is 30.8 Å². The number of fused-ring (bicyclic) bond motifs is 1. The molecule has 0 aliphatic carbocycles. The SMILES string of the molecule is CC1Cc2nc(CCc3ccccc3)c(N)n2C(C)C1. The lowest BCUT2D eigenvalue weighted by molar-refractivity contribution is 0.346. The monoisotopic (exact) mass is 269 g/mol. The molecule has 1 aromatic carbocycles. The number of aryl methyl sites for hydroxylation is 2. The molecule has 2 atom stereocenters. The van der Waals surface area contributed by atoms with Crippen LogP contribution in [-0.2, 0) is 19.3 Å². The van der Waals surface area contributed by atoms with Gasteiger partial charge >= 0.3 is 0 Å². The molecule has 0 fully saturated rings. The fraction of sp³-hybridized carbons (Fsp3) is 0.471. The van der Waals surface area contributed by atoms with E-state index in [1.165, 1.54) is 17.8 Å². The third kappa shape index (κ3) is 2.45. The highest BCUT2D eigenvalue weighted by molar-refractivity contribution is 5.40. The summed E-state index contributed by atoms with van der Waals surface area (Å²) in [5, 5.41) is 0. The maximum Gasteiger partial charge on any atom is 0.127 e. The number of imidazole rings is 1. The first kappa shape index (κ1) is 13.2. The molecule has 2 aromatic rings. The van der Waals surface area contributed by atoms with E-state index in [0.29, 0.717) is 12.0 Å². The topological polar surface area (TPSA) is 43.8 Å². The van der Waals surface area contributed by atoms with Gasteiger partial charge in [-0.1, -0.05) is 37.3 Å². The summed E-state index contributed by atoms with van der Waals surface area (Å²) in [6, 6.07) is 11.0. The van der Waals surface area contributed by atoms with Gasteiger partial charge in [0.15, 0.2) is 0 Å². The summed E-state index contributed by atoms with van der Waals surface area (Å²) in [6.07, 6.45) is 4.19. The molecule has 20 heavy (non-hydrogen) atoms. The second kappa shape index (κ2) is 5.31. The van der Waals surface area contributed by atoms with Crippen LogP contribution in [-0.4, -0.2) is 9.55 Å². The summed E-state index contributed by atoms with van der Waals surface area (Å²) in [5.74, 6) is 2.77. The van der Waals surface area contributed by atoms with Crippen molar-refractivity contribution in [2.24, 2.45) is 5.92 Å². The van der Waals surface area contributed by atoms with Crippen molar-refractivity contribution < 1.29 is 0 Å². The summed E-state index contributed by atoms with van der Waals surface area (Å²) < 4.78 is 2.25. The molecule has 0 saturated carbocycles. The Bertz CT molecular complexity index is 586. The minimum atomic E-state index is 0.478. The van der Waals surface area contributed by atoms with Gasteiger partial charge in [-0.15, -0.1) is 0 Å². The Kier molecular flexibility index (Phi) is 3.51. The van der Waals surface area contributed by atoms with Crippen molar-refractivity contribution in [3.63, 3.8) is 0 Å². The Hall–Kier alpha value is -1.77. The molecular formula is C17H23N3. The average Bonchev–Trinajstić information content (AvgIpc) is 2.74. The fourth-order valence-corrected chi connectivity index (χ4v) is 3.35. The number of nitrogens with two attached hydrogens (primary N) is 1. The lowest BCUT2D eigenvalue weighted by Crippen LogP contribution is -2.22. The van der Waals surface area contributed by atoms with Crippen LogP contribution in [0.5, 0.6) is 0 Å². The molecule has 106 valence electrons. The van der Waals surface area contributed by atoms with Crippen LogP contribution in [0.2, 0.25) is 0 Å². The third-order valence-corrected chi connectivity index (χ3v) is 4.31. The van der Waals surface area contributed by atoms with E-state index in [9.17, 15) is 0 Å². The summed E-state index contributed by atoms with van der Waals surface area (Å²) in [6.45, 7) is 4.55. The number of aromatic nitrogens is 2. The molecule has 1 aliphatic rings. The second-order valence-corrected chi connectivity index (χ2v) is 6.11. The highest BCUT2D eigenvalue weighted by atomic mass is 15.2. The van der Waals surface area contributed by atoms with Crippen molar-refractivity contribution in [1.29, 1.82) is 0 Å². The zero-order chi connectivity index (χ0) is 14.1. The van der Waals surface area contributed by atoms with Crippen LogP contribution in [0.1, 0.15) is 43.4 Å². The van der Waals surface area contributed by atoms with Crippen LogP contribution in [0.25, 0.3) is 0 Å². The van der Waals surface area contributed by atoms with Gasteiger partial charge in [0, 0.05) is 12.5 Å². The first-order valence-corrected chi connectivity index (χ1v) is 7.54. The van der Waals surface area contributed by atoms with E-state index < -0.39 is 0 Å². The molecule has 0 spiro atoms. The minimum absolute atomic E-state index is 0.478. The second-order valence-electron chi connectivity index (χ2n) is 6.11. The number of benzene rings is 1. The van der Waals surface area contributed by atoms with E-state index in [-0.39, 0.29) is 0 Å². The largest absolute Gasteiger partial charge is 0.384 e. The molecule has 2 heterocycles. The van der Waals surface area contributed by atoms with E-state index in [4.69, 9.17) is 10.7 Å². The van der Waals surface area contributed by atoms with Crippen molar-refractivity contribution in [3.8, 4) is 0 Å². The summed E-state index contributed by atoms with van der Waals surface area (Å²) in [5.41, 5.74) is 8.75. The number of nitrogens with zero attached hydrogens (tertiary/aromatic N) is 2. The predicted molar refractivity (Wildman–Crippen MR) is 82.7 cm³/mol. The standard InChI is InChI=1S/C17H23N3/c1-12-10-13(2)20-16(11-12)19-15(17(20)18)9-8-14-6-4-3-5-7-14/h3-7,12-13H,8-11,18H2,1-2H3. The van der Waals surface area contributed by atoms with Gasteiger partial charge in [-0.05, 0) is 37.7 Å². The lowest BCUT2D eigenvalue weighted by atomic mass is 9.95. The summed E-state index contributed by atoms with van der Waals surface area (Å²) in [4.78, 5) is 4.80. The van der Waals surface area contributed by atoms with Crippen molar-refractivity contribution >= 4 is 5.82 Å². The zero-order valence-electron chi connectivity index (χ0n) is 12.3. The fourth-order valence-electron chi connectivity index (χ4n) is 3.35. The number of rotatable bonds is 3. The maximum atomic E-state index is 6.32. The molecule has 1 aromatic heterocycles. The van der Waals surface area contributed by atoms with E-state index in [2.05, 4.69) is 48.7 Å². The van der Waals surface area contributed by atoms with Crippen LogP contribution in [0.3, 0.4) is 0 Å². The van der Waals surface area contributed by atoms with Crippen LogP contribution >= 0.6 is 0 Å². The summed E-state index contributed by atoms with van der Waals surface area (Å²) >= 11 is 0. The quantitative estimate of drug-likeness (QED) is 0.928. The minimum Gasteiger partial charge on any atom is -0.384 e. The lowest BCUT2D eigenvalue weighted by Gasteiger charge is -2.27. The normalized spacial score (nSPS) is 21.7. The van der Waals surface area contributed by atoms with E-state index in [1.807, 2.05) is 0 Å². The van der Waals surface area contributed by atoms with Gasteiger partial charge in [-0.2, -0.15) is 0 Å². The Morgan fingerprint density at radius 1 is 1.20 bits per heavy atom. The number of nitrogen functional groups attached to an aromatic ring is 1. The molecule has 2 unspecified atom stereocenters. The van der Waals surface area contributed by atoms with Crippen molar-refractivity contribution in [2.45, 2.75) is 45.6 Å². The van der Waals surface area contributed by atoms with Gasteiger partial charge in [0.1, 0.15) is 11.6 Å². The smallest absolute Gasteiger partial charge is 0.127 e. The van der Waals surface area contributed by atoms with Crippen molar-refractivity contribution in [1.82, 2.24) is 9.55 Å². The maximum absolute atomic E-state index is 6.32. The van der Waals surface area contributed by atoms with Gasteiger partial charge in [0.05, 0.1) is 5.69 Å². The first-order chi connectivity index (χ1) is 9.65. The van der Waals surface area contributed by atoms with E-state index >= 15 is 0 Å². The molecule has 0 bridgehead atoms. The van der Waals surface area contributed by atoms with Crippen LogP contribution in [0.4, 0.5) is 5.82 Å². The highest BCUT2D eigenvalue weighted by Gasteiger charge is 2.26. The molecule has 3 nitrogen and oxygen atoms in total. The first-order valence-electron chi connectivity index (χ1n) is 7.54. The highest BCUT2D eigenvalue weighted by Crippen LogP contribution is 2.32. The molecule has 3 heteroatoms. The Morgan fingerprint density at radius 3 is 2.70 bits per heavy atom. The van der Waals surface area contributed by atoms with Crippen LogP contribution in [0.15, 0.2) is 30.3 Å². The molecular weight excluding hydrogens is 246 g/mol. The van der Waals surface area contributed by atoms with Gasteiger partial charge < -0.3 is 10.3 Å². The van der Waals surface area contributed by atoms with Gasteiger partial charge in [0.25, 0.3) is 0 Å². The molecule has 0 amide bonds. The molecule has 1 aliphatic heterocycles. The van der Waals surface area contributed by atoms with Gasteiger partial charge in [-0.3, -0.25) is 0 Å². The Morgan fingerprint density at radius 2 is 1.95 bits per heavy atom. The number of anilines is 1. The van der Waals surface area contributed by atoms with Gasteiger partial charge in [-0.25, -0.2) is 4.98 Å². The Labute approximate surface area is 120 Å². The van der Waals surface area contributed by atoms with Crippen molar-refractivity contribution in [2.75, 3.05) is 5.73 Å². The molecule has 0 radical (unpaired) electrons. The predicted octanol–water partition coefficient (Wildman–Crippen LogP) is 3.39. The Balaban J connectivity index is 1.80. The number of hydrogen-bond donors (Lipinski definition) is 1. The average molecular weight is 269 g/mol. The molecule has 2 N–H and O–H groups in total. The number of hydrogen-bond acceptors (Lipinski definition) is 2. The van der Waals surface area contributed by atoms with Crippen LogP contribution < -0.4 is 5.73 Å². The van der Waals surface area contributed by atoms with Gasteiger partial charge in [0.2, 0.25) is 0 Å². The molecule has 3 rings (SSSR count). The van der Waals surface area contributed by atoms with Crippen molar-refractivity contribution in [3.05, 3.63) is 47.4 Å². The summed E-state index contributed by atoms with van der Waals surface area (Å²) in [7, 11) is 0. The zero-order valence-corrected chi connectivity index (χ0v) is 12.3. The van der Waals surface area contributed by atoms with Crippen LogP contribution in [0, 0.1) is 5.92 Å². The molecule has 0 saturated heterocycles.